The summed E-state index contributed by atoms with van der Waals surface area (Å²) in [5.41, 5.74) is 2.12. The molecule has 1 fully saturated rings. The van der Waals surface area contributed by atoms with Crippen LogP contribution in [0.5, 0.6) is 0 Å². The molecule has 26 heavy (non-hydrogen) atoms. The number of hydrogen-bond donors (Lipinski definition) is 0. The molecule has 5 rings (SSSR count). The lowest BCUT2D eigenvalue weighted by molar-refractivity contribution is 0.609. The number of rotatable bonds is 2. The van der Waals surface area contributed by atoms with Crippen LogP contribution < -0.4 is 10.5 Å². The summed E-state index contributed by atoms with van der Waals surface area (Å²) in [6.45, 7) is 0.986. The molecule has 1 aliphatic carbocycles. The van der Waals surface area contributed by atoms with Crippen LogP contribution >= 0.6 is 11.3 Å². The molecule has 0 bridgehead atoms. The smallest absolute Gasteiger partial charge is 0.261 e. The van der Waals surface area contributed by atoms with Crippen molar-refractivity contribution in [3.8, 4) is 0 Å². The molecule has 0 saturated carbocycles. The summed E-state index contributed by atoms with van der Waals surface area (Å²) in [5.74, 6) is 0.861. The van der Waals surface area contributed by atoms with Gasteiger partial charge in [0.1, 0.15) is 5.82 Å². The summed E-state index contributed by atoms with van der Waals surface area (Å²) in [5, 5.41) is 1.80. The third-order valence-electron chi connectivity index (χ3n) is 5.65. The molecule has 2 aromatic heterocycles. The Morgan fingerprint density at radius 3 is 2.85 bits per heavy atom. The number of para-hydroxylation sites is 1. The molecule has 0 N–H and O–H groups in total. The maximum absolute atomic E-state index is 12.8. The van der Waals surface area contributed by atoms with Crippen molar-refractivity contribution >= 4 is 27.4 Å². The van der Waals surface area contributed by atoms with E-state index in [0.29, 0.717) is 5.39 Å². The van der Waals surface area contributed by atoms with Gasteiger partial charge >= 0.3 is 0 Å². The monoisotopic (exact) mass is 366 g/mol. The summed E-state index contributed by atoms with van der Waals surface area (Å²) in [6.07, 6.45) is 6.93. The van der Waals surface area contributed by atoms with Crippen molar-refractivity contribution in [2.75, 3.05) is 11.4 Å². The van der Waals surface area contributed by atoms with E-state index < -0.39 is 0 Å². The molecule has 0 radical (unpaired) electrons. The molecule has 3 aromatic rings. The van der Waals surface area contributed by atoms with Gasteiger partial charge in [0.05, 0.1) is 22.6 Å². The second-order valence-electron chi connectivity index (χ2n) is 7.28. The van der Waals surface area contributed by atoms with Gasteiger partial charge in [-0.05, 0) is 50.7 Å². The number of anilines is 1. The molecular formula is C20H22N4OS. The molecule has 1 unspecified atom stereocenters. The Morgan fingerprint density at radius 1 is 1.12 bits per heavy atom. The SMILES string of the molecule is Cn1c(C2CCCN2c2nc3c(s2)CCCC3)nc2ccccc2c1=O. The third-order valence-corrected chi connectivity index (χ3v) is 6.84. The zero-order valence-corrected chi connectivity index (χ0v) is 15.8. The minimum atomic E-state index is 0.0379. The van der Waals surface area contributed by atoms with E-state index in [1.807, 2.05) is 42.6 Å². The third kappa shape index (κ3) is 2.47. The Kier molecular flexibility index (Phi) is 3.81. The zero-order chi connectivity index (χ0) is 17.7. The number of thiazole rings is 1. The van der Waals surface area contributed by atoms with Crippen molar-refractivity contribution in [2.24, 2.45) is 7.05 Å². The average molecular weight is 366 g/mol. The minimum absolute atomic E-state index is 0.0379. The largest absolute Gasteiger partial charge is 0.338 e. The molecule has 1 aliphatic heterocycles. The van der Waals surface area contributed by atoms with Gasteiger partial charge in [-0.25, -0.2) is 9.97 Å². The number of fused-ring (bicyclic) bond motifs is 2. The van der Waals surface area contributed by atoms with Crippen molar-refractivity contribution < 1.29 is 0 Å². The van der Waals surface area contributed by atoms with Gasteiger partial charge in [-0.2, -0.15) is 0 Å². The molecule has 5 nitrogen and oxygen atoms in total. The van der Waals surface area contributed by atoms with E-state index in [9.17, 15) is 4.79 Å². The Hall–Kier alpha value is -2.21. The second kappa shape index (κ2) is 6.20. The molecule has 3 heterocycles. The highest BCUT2D eigenvalue weighted by Crippen LogP contribution is 2.39. The van der Waals surface area contributed by atoms with Crippen LogP contribution in [0.4, 0.5) is 5.13 Å². The Labute approximate surface area is 156 Å². The van der Waals surface area contributed by atoms with Crippen LogP contribution in [0.25, 0.3) is 10.9 Å². The van der Waals surface area contributed by atoms with Crippen LogP contribution in [0.15, 0.2) is 29.1 Å². The molecule has 134 valence electrons. The van der Waals surface area contributed by atoms with Crippen LogP contribution in [0.2, 0.25) is 0 Å². The van der Waals surface area contributed by atoms with E-state index in [-0.39, 0.29) is 11.6 Å². The van der Waals surface area contributed by atoms with Gasteiger partial charge < -0.3 is 4.90 Å². The first-order chi connectivity index (χ1) is 12.7. The van der Waals surface area contributed by atoms with Crippen molar-refractivity contribution in [1.82, 2.24) is 14.5 Å². The van der Waals surface area contributed by atoms with Crippen LogP contribution in [0, 0.1) is 0 Å². The molecule has 6 heteroatoms. The van der Waals surface area contributed by atoms with Gasteiger partial charge in [0.25, 0.3) is 5.56 Å². The summed E-state index contributed by atoms with van der Waals surface area (Å²) in [4.78, 5) is 26.5. The van der Waals surface area contributed by atoms with E-state index in [2.05, 4.69) is 4.90 Å². The molecule has 2 aliphatic rings. The minimum Gasteiger partial charge on any atom is -0.338 e. The number of hydrogen-bond acceptors (Lipinski definition) is 5. The van der Waals surface area contributed by atoms with Crippen LogP contribution in [-0.2, 0) is 19.9 Å². The van der Waals surface area contributed by atoms with Gasteiger partial charge in [0, 0.05) is 18.5 Å². The fraction of sp³-hybridized carbons (Fsp3) is 0.450. The highest BCUT2D eigenvalue weighted by molar-refractivity contribution is 7.15. The van der Waals surface area contributed by atoms with E-state index in [4.69, 9.17) is 9.97 Å². The number of aromatic nitrogens is 3. The summed E-state index contributed by atoms with van der Waals surface area (Å²) in [7, 11) is 1.85. The lowest BCUT2D eigenvalue weighted by atomic mass is 10.0. The standard InChI is InChI=1S/C20H22N4OS/c1-23-18(21-14-8-3-2-7-13(14)19(23)25)16-10-6-12-24(16)20-22-15-9-4-5-11-17(15)26-20/h2-3,7-8,16H,4-6,9-12H2,1H3. The first-order valence-electron chi connectivity index (χ1n) is 9.43. The number of benzene rings is 1. The van der Waals surface area contributed by atoms with Crippen molar-refractivity contribution in [2.45, 2.75) is 44.6 Å². The Balaban J connectivity index is 1.59. The Bertz CT molecular complexity index is 1010. The van der Waals surface area contributed by atoms with Gasteiger partial charge in [-0.3, -0.25) is 9.36 Å². The van der Waals surface area contributed by atoms with Gasteiger partial charge in [0.2, 0.25) is 0 Å². The average Bonchev–Trinajstić information content (AvgIpc) is 3.31. The van der Waals surface area contributed by atoms with Crippen molar-refractivity contribution in [3.05, 3.63) is 51.0 Å². The van der Waals surface area contributed by atoms with Crippen LogP contribution in [0.3, 0.4) is 0 Å². The molecular weight excluding hydrogens is 344 g/mol. The predicted octanol–water partition coefficient (Wildman–Crippen LogP) is 3.61. The maximum atomic E-state index is 12.8. The topological polar surface area (TPSA) is 51.0 Å². The van der Waals surface area contributed by atoms with Gasteiger partial charge in [-0.1, -0.05) is 12.1 Å². The van der Waals surface area contributed by atoms with Gasteiger partial charge in [-0.15, -0.1) is 11.3 Å². The molecule has 1 saturated heterocycles. The molecule has 1 aromatic carbocycles. The molecule has 0 spiro atoms. The fourth-order valence-corrected chi connectivity index (χ4v) is 5.48. The van der Waals surface area contributed by atoms with E-state index in [0.717, 1.165) is 48.7 Å². The normalized spacial score (nSPS) is 19.9. The fourth-order valence-electron chi connectivity index (χ4n) is 4.26. The quantitative estimate of drug-likeness (QED) is 0.695. The first kappa shape index (κ1) is 16.0. The molecule has 1 atom stereocenters. The van der Waals surface area contributed by atoms with Crippen LogP contribution in [-0.4, -0.2) is 21.1 Å². The van der Waals surface area contributed by atoms with Crippen LogP contribution in [0.1, 0.15) is 48.1 Å². The van der Waals surface area contributed by atoms with E-state index in [1.54, 1.807) is 4.57 Å². The lowest BCUT2D eigenvalue weighted by Gasteiger charge is -2.25. The number of aryl methyl sites for hydroxylation is 2. The summed E-state index contributed by atoms with van der Waals surface area (Å²) >= 11 is 1.84. The zero-order valence-electron chi connectivity index (χ0n) is 14.9. The molecule has 0 amide bonds. The Morgan fingerprint density at radius 2 is 1.96 bits per heavy atom. The highest BCUT2D eigenvalue weighted by atomic mass is 32.1. The van der Waals surface area contributed by atoms with Gasteiger partial charge in [0.15, 0.2) is 5.13 Å². The predicted molar refractivity (Wildman–Crippen MR) is 105 cm³/mol. The lowest BCUT2D eigenvalue weighted by Crippen LogP contribution is -2.30. The summed E-state index contributed by atoms with van der Waals surface area (Å²) < 4.78 is 1.73. The second-order valence-corrected chi connectivity index (χ2v) is 8.34. The highest BCUT2D eigenvalue weighted by Gasteiger charge is 2.32. The van der Waals surface area contributed by atoms with E-state index >= 15 is 0 Å². The van der Waals surface area contributed by atoms with Crippen molar-refractivity contribution in [1.29, 1.82) is 0 Å². The van der Waals surface area contributed by atoms with E-state index in [1.165, 1.54) is 23.4 Å². The first-order valence-corrected chi connectivity index (χ1v) is 10.2. The summed E-state index contributed by atoms with van der Waals surface area (Å²) in [6, 6.07) is 7.76. The van der Waals surface area contributed by atoms with Crippen molar-refractivity contribution in [3.63, 3.8) is 0 Å². The number of nitrogens with zero attached hydrogens (tertiary/aromatic N) is 4. The maximum Gasteiger partial charge on any atom is 0.261 e.